The number of rotatable bonds is 9. The van der Waals surface area contributed by atoms with Crippen molar-refractivity contribution in [3.05, 3.63) is 89.0 Å². The Balaban J connectivity index is 1.23. The molecule has 0 N–H and O–H groups in total. The highest BCUT2D eigenvalue weighted by Gasteiger charge is 2.25. The number of hydrogen-bond donors (Lipinski definition) is 0. The largest absolute Gasteiger partial charge is 0.497 e. The Kier molecular flexibility index (Phi) is 8.14. The molecule has 10 nitrogen and oxygen atoms in total. The maximum absolute atomic E-state index is 13.1. The molecule has 0 unspecified atom stereocenters. The number of fused-ring (bicyclic) bond motifs is 1. The minimum atomic E-state index is -0.370. The molecular formula is C29H30N4O6. The van der Waals surface area contributed by atoms with Gasteiger partial charge in [-0.15, -0.1) is 0 Å². The third-order valence-electron chi connectivity index (χ3n) is 6.88. The van der Waals surface area contributed by atoms with Gasteiger partial charge in [0.25, 0.3) is 5.91 Å². The van der Waals surface area contributed by atoms with Crippen molar-refractivity contribution in [1.29, 1.82) is 0 Å². The highest BCUT2D eigenvalue weighted by Crippen LogP contribution is 2.25. The van der Waals surface area contributed by atoms with E-state index in [2.05, 4.69) is 15.2 Å². The van der Waals surface area contributed by atoms with Gasteiger partial charge in [0.2, 0.25) is 0 Å². The summed E-state index contributed by atoms with van der Waals surface area (Å²) in [5, 5.41) is 7.64. The van der Waals surface area contributed by atoms with Crippen LogP contribution in [0.1, 0.15) is 37.9 Å². The van der Waals surface area contributed by atoms with Crippen molar-refractivity contribution in [2.45, 2.75) is 12.7 Å². The average molecular weight is 531 g/mol. The van der Waals surface area contributed by atoms with E-state index < -0.39 is 0 Å². The average Bonchev–Trinajstić information content (AvgIpc) is 3.47. The lowest BCUT2D eigenvalue weighted by Gasteiger charge is -2.36. The van der Waals surface area contributed by atoms with Gasteiger partial charge in [-0.2, -0.15) is 0 Å². The molecule has 1 saturated heterocycles. The normalized spacial score (nSPS) is 14.8. The lowest BCUT2D eigenvalue weighted by atomic mass is 10.1. The summed E-state index contributed by atoms with van der Waals surface area (Å²) in [5.41, 5.74) is 4.22. The summed E-state index contributed by atoms with van der Waals surface area (Å²) < 4.78 is 21.4. The van der Waals surface area contributed by atoms with Gasteiger partial charge in [-0.1, -0.05) is 24.3 Å². The maximum Gasteiger partial charge on any atom is 0.337 e. The van der Waals surface area contributed by atoms with E-state index in [0.29, 0.717) is 48.4 Å². The molecule has 5 rings (SSSR count). The number of ether oxygens (including phenoxy) is 3. The van der Waals surface area contributed by atoms with Crippen LogP contribution < -0.4 is 4.74 Å². The summed E-state index contributed by atoms with van der Waals surface area (Å²) in [6.45, 7) is 3.68. The molecule has 1 fully saturated rings. The molecule has 0 spiro atoms. The Labute approximate surface area is 226 Å². The van der Waals surface area contributed by atoms with Gasteiger partial charge in [-0.3, -0.25) is 9.69 Å². The number of carbonyl (C=O) groups is 2. The molecule has 202 valence electrons. The molecule has 1 amide bonds. The number of hydrogen-bond acceptors (Lipinski definition) is 9. The highest BCUT2D eigenvalue weighted by atomic mass is 16.6. The molecule has 0 aliphatic carbocycles. The molecule has 3 aromatic carbocycles. The molecule has 1 aliphatic heterocycles. The predicted octanol–water partition coefficient (Wildman–Crippen LogP) is 3.73. The van der Waals surface area contributed by atoms with Crippen molar-refractivity contribution >= 4 is 22.9 Å². The number of esters is 1. The van der Waals surface area contributed by atoms with Crippen LogP contribution in [-0.4, -0.2) is 78.9 Å². The van der Waals surface area contributed by atoms with Gasteiger partial charge in [0.05, 0.1) is 32.5 Å². The van der Waals surface area contributed by atoms with Crippen molar-refractivity contribution in [3.8, 4) is 5.75 Å². The maximum atomic E-state index is 13.1. The van der Waals surface area contributed by atoms with Crippen LogP contribution in [-0.2, 0) is 16.1 Å². The molecule has 1 aromatic heterocycles. The smallest absolute Gasteiger partial charge is 0.337 e. The van der Waals surface area contributed by atoms with Crippen molar-refractivity contribution in [1.82, 2.24) is 20.1 Å². The van der Waals surface area contributed by atoms with Crippen LogP contribution in [0.2, 0.25) is 0 Å². The standard InChI is InChI=1S/C29H30N4O6/c1-36-24-5-3-4-22(16-24)27(38-19-20-6-8-21(9-7-20)29(35)37-2)18-32-12-14-33(15-13-32)28(34)23-10-11-25-26(17-23)31-39-30-25/h3-11,16-17,27H,12-15,18-19H2,1-2H3/t27-/m1/s1. The van der Waals surface area contributed by atoms with E-state index in [-0.39, 0.29) is 18.0 Å². The Morgan fingerprint density at radius 3 is 2.38 bits per heavy atom. The van der Waals surface area contributed by atoms with E-state index >= 15 is 0 Å². The Bertz CT molecular complexity index is 1430. The number of methoxy groups -OCH3 is 2. The van der Waals surface area contributed by atoms with E-state index in [0.717, 1.165) is 30.0 Å². The lowest BCUT2D eigenvalue weighted by Crippen LogP contribution is -2.49. The van der Waals surface area contributed by atoms with Crippen LogP contribution in [0.3, 0.4) is 0 Å². The lowest BCUT2D eigenvalue weighted by molar-refractivity contribution is 0.00331. The molecule has 10 heteroatoms. The second-order valence-electron chi connectivity index (χ2n) is 9.33. The van der Waals surface area contributed by atoms with E-state index in [1.165, 1.54) is 7.11 Å². The molecule has 1 atom stereocenters. The zero-order valence-electron chi connectivity index (χ0n) is 21.9. The number of carbonyl (C=O) groups excluding carboxylic acids is 2. The van der Waals surface area contributed by atoms with Crippen LogP contribution in [0.15, 0.2) is 71.4 Å². The number of benzene rings is 3. The Hall–Kier alpha value is -4.28. The first-order chi connectivity index (χ1) is 19.0. The SMILES string of the molecule is COC(=O)c1ccc(CO[C@H](CN2CCN(C(=O)c3ccc4nonc4c3)CC2)c2cccc(OC)c2)cc1. The summed E-state index contributed by atoms with van der Waals surface area (Å²) in [6, 6.07) is 20.3. The van der Waals surface area contributed by atoms with E-state index in [9.17, 15) is 9.59 Å². The zero-order chi connectivity index (χ0) is 27.2. The van der Waals surface area contributed by atoms with Crippen molar-refractivity contribution < 1.29 is 28.4 Å². The highest BCUT2D eigenvalue weighted by molar-refractivity contribution is 5.97. The second-order valence-corrected chi connectivity index (χ2v) is 9.33. The molecule has 1 aliphatic rings. The topological polar surface area (TPSA) is 107 Å². The first-order valence-corrected chi connectivity index (χ1v) is 12.7. The molecule has 4 aromatic rings. The van der Waals surface area contributed by atoms with Crippen molar-refractivity contribution in [3.63, 3.8) is 0 Å². The van der Waals surface area contributed by atoms with Crippen molar-refractivity contribution in [2.24, 2.45) is 0 Å². The third kappa shape index (κ3) is 6.24. The number of aromatic nitrogens is 2. The number of nitrogens with zero attached hydrogens (tertiary/aromatic N) is 4. The van der Waals surface area contributed by atoms with Gasteiger partial charge in [-0.05, 0) is 63.9 Å². The summed E-state index contributed by atoms with van der Waals surface area (Å²) >= 11 is 0. The van der Waals surface area contributed by atoms with Gasteiger partial charge in [0.15, 0.2) is 0 Å². The predicted molar refractivity (Wildman–Crippen MR) is 142 cm³/mol. The monoisotopic (exact) mass is 530 g/mol. The van der Waals surface area contributed by atoms with Gasteiger partial charge in [0, 0.05) is 38.3 Å². The minimum absolute atomic E-state index is 0.0319. The van der Waals surface area contributed by atoms with Gasteiger partial charge in [-0.25, -0.2) is 9.42 Å². The van der Waals surface area contributed by atoms with Crippen LogP contribution in [0, 0.1) is 0 Å². The van der Waals surface area contributed by atoms with Crippen LogP contribution in [0.25, 0.3) is 11.0 Å². The summed E-state index contributed by atoms with van der Waals surface area (Å²) in [4.78, 5) is 29.0. The first-order valence-electron chi connectivity index (χ1n) is 12.7. The summed E-state index contributed by atoms with van der Waals surface area (Å²) in [7, 11) is 3.01. The summed E-state index contributed by atoms with van der Waals surface area (Å²) in [6.07, 6.45) is -0.218. The quantitative estimate of drug-likeness (QED) is 0.299. The fourth-order valence-electron chi connectivity index (χ4n) is 4.61. The fraction of sp³-hybridized carbons (Fsp3) is 0.310. The molecule has 0 radical (unpaired) electrons. The Morgan fingerprint density at radius 2 is 1.64 bits per heavy atom. The second kappa shape index (κ2) is 12.1. The molecule has 39 heavy (non-hydrogen) atoms. The molecule has 0 bridgehead atoms. The molecular weight excluding hydrogens is 500 g/mol. The van der Waals surface area contributed by atoms with Crippen LogP contribution in [0.5, 0.6) is 5.75 Å². The van der Waals surface area contributed by atoms with E-state index in [4.69, 9.17) is 18.8 Å². The fourth-order valence-corrected chi connectivity index (χ4v) is 4.61. The molecule has 0 saturated carbocycles. The summed E-state index contributed by atoms with van der Waals surface area (Å²) in [5.74, 6) is 0.360. The van der Waals surface area contributed by atoms with Crippen LogP contribution >= 0.6 is 0 Å². The van der Waals surface area contributed by atoms with Gasteiger partial charge in [0.1, 0.15) is 16.8 Å². The third-order valence-corrected chi connectivity index (χ3v) is 6.88. The van der Waals surface area contributed by atoms with Crippen LogP contribution in [0.4, 0.5) is 0 Å². The van der Waals surface area contributed by atoms with E-state index in [1.807, 2.05) is 41.3 Å². The zero-order valence-corrected chi connectivity index (χ0v) is 21.9. The minimum Gasteiger partial charge on any atom is -0.497 e. The van der Waals surface area contributed by atoms with Gasteiger partial charge >= 0.3 is 5.97 Å². The van der Waals surface area contributed by atoms with Crippen molar-refractivity contribution in [2.75, 3.05) is 46.9 Å². The number of amides is 1. The van der Waals surface area contributed by atoms with Gasteiger partial charge < -0.3 is 19.1 Å². The number of piperazine rings is 1. The first kappa shape index (κ1) is 26.3. The van der Waals surface area contributed by atoms with E-state index in [1.54, 1.807) is 37.4 Å². The Morgan fingerprint density at radius 1 is 0.897 bits per heavy atom. The molecule has 2 heterocycles.